The quantitative estimate of drug-likeness (QED) is 0.884. The van der Waals surface area contributed by atoms with Crippen LogP contribution >= 0.6 is 0 Å². The number of hydrogen-bond acceptors (Lipinski definition) is 3. The topological polar surface area (TPSA) is 84.2 Å². The van der Waals surface area contributed by atoms with Gasteiger partial charge in [-0.2, -0.15) is 5.10 Å². The van der Waals surface area contributed by atoms with E-state index >= 15 is 0 Å². The van der Waals surface area contributed by atoms with E-state index in [9.17, 15) is 9.59 Å². The summed E-state index contributed by atoms with van der Waals surface area (Å²) >= 11 is 0. The van der Waals surface area contributed by atoms with Crippen LogP contribution in [0.5, 0.6) is 0 Å². The molecule has 6 nitrogen and oxygen atoms in total. The first-order chi connectivity index (χ1) is 9.90. The number of aliphatic carboxylic acids is 1. The number of nitrogens with zero attached hydrogens (tertiary/aromatic N) is 2. The molecule has 0 spiro atoms. The predicted octanol–water partition coefficient (Wildman–Crippen LogP) is 1.66. The van der Waals surface area contributed by atoms with E-state index in [-0.39, 0.29) is 11.8 Å². The molecule has 2 rings (SSSR count). The molecule has 0 atom stereocenters. The molecule has 0 aromatic carbocycles. The molecule has 21 heavy (non-hydrogen) atoms. The first kappa shape index (κ1) is 15.5. The van der Waals surface area contributed by atoms with Gasteiger partial charge in [-0.05, 0) is 45.4 Å². The second-order valence-corrected chi connectivity index (χ2v) is 5.94. The number of aryl methyl sites for hydroxylation is 2. The third kappa shape index (κ3) is 3.43. The SMILES string of the molecule is Cc1nn(C)c(C)c1C(=O)NCC1CCC(C(=O)O)CC1. The minimum atomic E-state index is -0.695. The van der Waals surface area contributed by atoms with Gasteiger partial charge in [-0.3, -0.25) is 14.3 Å². The maximum atomic E-state index is 12.3. The van der Waals surface area contributed by atoms with E-state index in [4.69, 9.17) is 5.11 Å². The highest BCUT2D eigenvalue weighted by Crippen LogP contribution is 2.28. The van der Waals surface area contributed by atoms with Gasteiger partial charge in [0.15, 0.2) is 0 Å². The molecule has 0 bridgehead atoms. The van der Waals surface area contributed by atoms with Gasteiger partial charge < -0.3 is 10.4 Å². The van der Waals surface area contributed by atoms with Gasteiger partial charge in [0.2, 0.25) is 0 Å². The molecule has 1 saturated carbocycles. The first-order valence-electron chi connectivity index (χ1n) is 7.41. The van der Waals surface area contributed by atoms with Gasteiger partial charge >= 0.3 is 5.97 Å². The van der Waals surface area contributed by atoms with E-state index in [1.54, 1.807) is 4.68 Å². The highest BCUT2D eigenvalue weighted by Gasteiger charge is 2.26. The summed E-state index contributed by atoms with van der Waals surface area (Å²) in [7, 11) is 1.83. The Morgan fingerprint density at radius 1 is 1.29 bits per heavy atom. The fraction of sp³-hybridized carbons (Fsp3) is 0.667. The van der Waals surface area contributed by atoms with Gasteiger partial charge in [0.05, 0.1) is 17.2 Å². The van der Waals surface area contributed by atoms with Gasteiger partial charge in [-0.15, -0.1) is 0 Å². The van der Waals surface area contributed by atoms with Crippen molar-refractivity contribution in [3.8, 4) is 0 Å². The van der Waals surface area contributed by atoms with Gasteiger partial charge in [0.25, 0.3) is 5.91 Å². The standard InChI is InChI=1S/C15H23N3O3/c1-9-13(10(2)18(3)17-9)14(19)16-8-11-4-6-12(7-5-11)15(20)21/h11-12H,4-8H2,1-3H3,(H,16,19)(H,20,21). The lowest BCUT2D eigenvalue weighted by Crippen LogP contribution is -2.32. The molecule has 0 radical (unpaired) electrons. The monoisotopic (exact) mass is 293 g/mol. The third-order valence-corrected chi connectivity index (χ3v) is 4.48. The first-order valence-corrected chi connectivity index (χ1v) is 7.41. The Kier molecular flexibility index (Phi) is 4.65. The van der Waals surface area contributed by atoms with Crippen molar-refractivity contribution >= 4 is 11.9 Å². The Morgan fingerprint density at radius 3 is 2.38 bits per heavy atom. The van der Waals surface area contributed by atoms with E-state index in [1.165, 1.54) is 0 Å². The summed E-state index contributed by atoms with van der Waals surface area (Å²) in [4.78, 5) is 23.2. The van der Waals surface area contributed by atoms with E-state index in [0.29, 0.717) is 30.9 Å². The van der Waals surface area contributed by atoms with Crippen molar-refractivity contribution in [1.29, 1.82) is 0 Å². The molecule has 1 amide bonds. The van der Waals surface area contributed by atoms with Crippen molar-refractivity contribution in [2.75, 3.05) is 6.54 Å². The molecule has 0 unspecified atom stereocenters. The number of nitrogens with one attached hydrogen (secondary N) is 1. The molecule has 1 aliphatic rings. The number of rotatable bonds is 4. The van der Waals surface area contributed by atoms with Crippen molar-refractivity contribution in [2.24, 2.45) is 18.9 Å². The number of carboxylic acids is 1. The maximum Gasteiger partial charge on any atom is 0.306 e. The van der Waals surface area contributed by atoms with Crippen LogP contribution in [0.15, 0.2) is 0 Å². The smallest absolute Gasteiger partial charge is 0.306 e. The Labute approximate surface area is 124 Å². The largest absolute Gasteiger partial charge is 0.481 e. The number of carboxylic acid groups (broad SMARTS) is 1. The van der Waals surface area contributed by atoms with E-state index in [1.807, 2.05) is 20.9 Å². The number of amides is 1. The summed E-state index contributed by atoms with van der Waals surface area (Å²) < 4.78 is 1.71. The van der Waals surface area contributed by atoms with Gasteiger partial charge in [-0.1, -0.05) is 0 Å². The summed E-state index contributed by atoms with van der Waals surface area (Å²) in [6.07, 6.45) is 3.14. The molecule has 0 saturated heterocycles. The van der Waals surface area contributed by atoms with Crippen LogP contribution in [-0.2, 0) is 11.8 Å². The van der Waals surface area contributed by atoms with E-state index < -0.39 is 5.97 Å². The summed E-state index contributed by atoms with van der Waals surface area (Å²) in [6, 6.07) is 0. The fourth-order valence-corrected chi connectivity index (χ4v) is 3.04. The van der Waals surface area contributed by atoms with Gasteiger partial charge in [0, 0.05) is 19.3 Å². The molecular weight excluding hydrogens is 270 g/mol. The summed E-state index contributed by atoms with van der Waals surface area (Å²) in [5.74, 6) is -0.612. The number of aromatic nitrogens is 2. The average Bonchev–Trinajstić information content (AvgIpc) is 2.70. The van der Waals surface area contributed by atoms with Gasteiger partial charge in [-0.25, -0.2) is 0 Å². The van der Waals surface area contributed by atoms with Crippen molar-refractivity contribution < 1.29 is 14.7 Å². The molecule has 0 aliphatic heterocycles. The maximum absolute atomic E-state index is 12.3. The van der Waals surface area contributed by atoms with Crippen LogP contribution in [0.2, 0.25) is 0 Å². The molecule has 1 aliphatic carbocycles. The zero-order chi connectivity index (χ0) is 15.6. The highest BCUT2D eigenvalue weighted by molar-refractivity contribution is 5.96. The molecule has 116 valence electrons. The molecule has 2 N–H and O–H groups in total. The molecule has 1 heterocycles. The molecular formula is C15H23N3O3. The predicted molar refractivity (Wildman–Crippen MR) is 78.1 cm³/mol. The Morgan fingerprint density at radius 2 is 1.90 bits per heavy atom. The third-order valence-electron chi connectivity index (χ3n) is 4.48. The van der Waals surface area contributed by atoms with Crippen LogP contribution in [-0.4, -0.2) is 33.3 Å². The van der Waals surface area contributed by atoms with Crippen molar-refractivity contribution in [2.45, 2.75) is 39.5 Å². The number of carbonyl (C=O) groups is 2. The molecule has 6 heteroatoms. The van der Waals surface area contributed by atoms with Crippen LogP contribution in [0, 0.1) is 25.7 Å². The molecule has 1 fully saturated rings. The lowest BCUT2D eigenvalue weighted by atomic mass is 9.82. The molecule has 1 aromatic heterocycles. The Bertz CT molecular complexity index is 543. The van der Waals surface area contributed by atoms with Crippen molar-refractivity contribution in [1.82, 2.24) is 15.1 Å². The average molecular weight is 293 g/mol. The summed E-state index contributed by atoms with van der Waals surface area (Å²) in [5, 5.41) is 16.2. The van der Waals surface area contributed by atoms with Gasteiger partial charge in [0.1, 0.15) is 0 Å². The van der Waals surface area contributed by atoms with Crippen LogP contribution in [0.3, 0.4) is 0 Å². The fourth-order valence-electron chi connectivity index (χ4n) is 3.04. The Hall–Kier alpha value is -1.85. The van der Waals surface area contributed by atoms with Crippen molar-refractivity contribution in [3.63, 3.8) is 0 Å². The van der Waals surface area contributed by atoms with E-state index in [2.05, 4.69) is 10.4 Å². The second kappa shape index (κ2) is 6.28. The van der Waals surface area contributed by atoms with Crippen LogP contribution in [0.4, 0.5) is 0 Å². The zero-order valence-corrected chi connectivity index (χ0v) is 12.8. The highest BCUT2D eigenvalue weighted by atomic mass is 16.4. The van der Waals surface area contributed by atoms with Crippen molar-refractivity contribution in [3.05, 3.63) is 17.0 Å². The summed E-state index contributed by atoms with van der Waals surface area (Å²) in [5.41, 5.74) is 2.25. The minimum Gasteiger partial charge on any atom is -0.481 e. The molecule has 1 aromatic rings. The summed E-state index contributed by atoms with van der Waals surface area (Å²) in [6.45, 7) is 4.33. The van der Waals surface area contributed by atoms with Crippen LogP contribution in [0.25, 0.3) is 0 Å². The second-order valence-electron chi connectivity index (χ2n) is 5.94. The Balaban J connectivity index is 1.86. The van der Waals surface area contributed by atoms with Crippen LogP contribution in [0.1, 0.15) is 47.4 Å². The minimum absolute atomic E-state index is 0.0848. The normalized spacial score (nSPS) is 22.0. The number of carbonyl (C=O) groups excluding carboxylic acids is 1. The van der Waals surface area contributed by atoms with E-state index in [0.717, 1.165) is 24.2 Å². The number of hydrogen-bond donors (Lipinski definition) is 2. The van der Waals surface area contributed by atoms with Crippen LogP contribution < -0.4 is 5.32 Å². The zero-order valence-electron chi connectivity index (χ0n) is 12.8. The lowest BCUT2D eigenvalue weighted by Gasteiger charge is -2.26. The lowest BCUT2D eigenvalue weighted by molar-refractivity contribution is -0.143.